The molecule has 1 aliphatic rings. The van der Waals surface area contributed by atoms with Gasteiger partial charge in [-0.15, -0.1) is 0 Å². The van der Waals surface area contributed by atoms with E-state index in [1.807, 2.05) is 32.9 Å². The predicted octanol–water partition coefficient (Wildman–Crippen LogP) is 3.63. The van der Waals surface area contributed by atoms with Crippen molar-refractivity contribution in [1.29, 1.82) is 0 Å². The molecule has 0 aromatic heterocycles. The topological polar surface area (TPSA) is 58.7 Å². The van der Waals surface area contributed by atoms with E-state index in [-0.39, 0.29) is 23.7 Å². The number of carbonyl (C=O) groups is 1. The fourth-order valence-corrected chi connectivity index (χ4v) is 2.38. The summed E-state index contributed by atoms with van der Waals surface area (Å²) >= 11 is 5.93. The van der Waals surface area contributed by atoms with Gasteiger partial charge in [0.2, 0.25) is 0 Å². The number of halogens is 1. The average Bonchev–Trinajstić information content (AvgIpc) is 2.39. The van der Waals surface area contributed by atoms with E-state index in [9.17, 15) is 4.79 Å². The van der Waals surface area contributed by atoms with Crippen LogP contribution in [0, 0.1) is 11.3 Å². The van der Waals surface area contributed by atoms with Crippen LogP contribution in [0.5, 0.6) is 0 Å². The molecule has 1 unspecified atom stereocenters. The van der Waals surface area contributed by atoms with Crippen LogP contribution in [0.25, 0.3) is 0 Å². The monoisotopic (exact) mass is 311 g/mol. The maximum Gasteiger partial charge on any atom is 0.161 e. The Morgan fingerprint density at radius 3 is 2.71 bits per heavy atom. The van der Waals surface area contributed by atoms with E-state index in [1.54, 1.807) is 6.08 Å². The molecular weight excluding hydrogens is 286 g/mol. The van der Waals surface area contributed by atoms with Crippen LogP contribution >= 0.6 is 11.6 Å². The third-order valence-corrected chi connectivity index (χ3v) is 4.00. The highest BCUT2D eigenvalue weighted by Gasteiger charge is 2.27. The highest BCUT2D eigenvalue weighted by Crippen LogP contribution is 2.25. The maximum absolute atomic E-state index is 12.3. The van der Waals surface area contributed by atoms with E-state index >= 15 is 0 Å². The maximum atomic E-state index is 12.3. The summed E-state index contributed by atoms with van der Waals surface area (Å²) in [6.07, 6.45) is 8.52. The summed E-state index contributed by atoms with van der Waals surface area (Å²) in [6.45, 7) is 8.18. The molecule has 118 valence electrons. The molecule has 0 aromatic rings. The Morgan fingerprint density at radius 1 is 1.48 bits per heavy atom. The van der Waals surface area contributed by atoms with Gasteiger partial charge in [-0.05, 0) is 18.6 Å². The number of nitrogens with zero attached hydrogens (tertiary/aromatic N) is 2. The molecule has 0 radical (unpaired) electrons. The fraction of sp³-hybridized carbons (Fsp3) is 0.625. The first kappa shape index (κ1) is 17.9. The summed E-state index contributed by atoms with van der Waals surface area (Å²) < 4.78 is 0. The van der Waals surface area contributed by atoms with E-state index in [0.717, 1.165) is 25.0 Å². The largest absolute Gasteiger partial charge is 0.297 e. The number of Topliss-reactive ketones (excluding diaryl/α,β-unsaturated/α-hetero) is 1. The molecule has 2 N–H and O–H groups in total. The van der Waals surface area contributed by atoms with Gasteiger partial charge in [-0.1, -0.05) is 58.2 Å². The molecule has 4 nitrogen and oxygen atoms in total. The lowest BCUT2D eigenvalue weighted by Gasteiger charge is -2.25. The molecule has 0 saturated carbocycles. The second-order valence-electron chi connectivity index (χ2n) is 6.21. The summed E-state index contributed by atoms with van der Waals surface area (Å²) in [5.74, 6) is 6.07. The van der Waals surface area contributed by atoms with Crippen molar-refractivity contribution in [2.75, 3.05) is 6.54 Å². The Labute approximate surface area is 132 Å². The number of unbranched alkanes of at least 4 members (excludes halogenated alkanes) is 1. The first-order valence-corrected chi connectivity index (χ1v) is 7.83. The SMILES string of the molecule is CCCCC(C)(C)C(=O)CN(N)/N=C1/C=CC(Cl)=CC1C. The van der Waals surface area contributed by atoms with Gasteiger partial charge in [0, 0.05) is 16.4 Å². The summed E-state index contributed by atoms with van der Waals surface area (Å²) in [5.41, 5.74) is 0.450. The molecular formula is C16H26ClN3O. The van der Waals surface area contributed by atoms with Crippen molar-refractivity contribution in [3.63, 3.8) is 0 Å². The van der Waals surface area contributed by atoms with Gasteiger partial charge in [0.25, 0.3) is 0 Å². The zero-order valence-corrected chi connectivity index (χ0v) is 14.2. The smallest absolute Gasteiger partial charge is 0.161 e. The van der Waals surface area contributed by atoms with Crippen molar-refractivity contribution < 1.29 is 4.79 Å². The zero-order chi connectivity index (χ0) is 16.0. The van der Waals surface area contributed by atoms with Gasteiger partial charge in [0.05, 0.1) is 5.71 Å². The number of allylic oxidation sites excluding steroid dienone is 4. The van der Waals surface area contributed by atoms with Crippen LogP contribution in [-0.4, -0.2) is 23.2 Å². The first-order chi connectivity index (χ1) is 9.76. The zero-order valence-electron chi connectivity index (χ0n) is 13.4. The molecule has 0 spiro atoms. The molecule has 0 bridgehead atoms. The normalized spacial score (nSPS) is 20.6. The Bertz CT molecular complexity index is 466. The molecule has 0 amide bonds. The predicted molar refractivity (Wildman–Crippen MR) is 88.9 cm³/mol. The Balaban J connectivity index is 2.63. The van der Waals surface area contributed by atoms with Crippen molar-refractivity contribution in [3.8, 4) is 0 Å². The standard InChI is InChI=1S/C16H26ClN3O/c1-5-6-9-16(3,4)15(21)11-20(18)19-14-8-7-13(17)10-12(14)2/h7-8,10,12H,5-6,9,11,18H2,1-4H3/b19-14-. The van der Waals surface area contributed by atoms with Crippen molar-refractivity contribution in [2.24, 2.45) is 22.3 Å². The number of ketones is 1. The van der Waals surface area contributed by atoms with Crippen LogP contribution in [-0.2, 0) is 4.79 Å². The molecule has 0 saturated heterocycles. The van der Waals surface area contributed by atoms with Gasteiger partial charge in [0.15, 0.2) is 5.78 Å². The lowest BCUT2D eigenvalue weighted by atomic mass is 9.83. The quantitative estimate of drug-likeness (QED) is 0.577. The van der Waals surface area contributed by atoms with Crippen LogP contribution in [0.4, 0.5) is 0 Å². The fourth-order valence-electron chi connectivity index (χ4n) is 2.12. The van der Waals surface area contributed by atoms with Gasteiger partial charge in [-0.3, -0.25) is 4.79 Å². The average molecular weight is 312 g/mol. The lowest BCUT2D eigenvalue weighted by Crippen LogP contribution is -2.39. The van der Waals surface area contributed by atoms with Gasteiger partial charge >= 0.3 is 0 Å². The summed E-state index contributed by atoms with van der Waals surface area (Å²) in [7, 11) is 0. The summed E-state index contributed by atoms with van der Waals surface area (Å²) in [6, 6.07) is 0. The minimum atomic E-state index is -0.356. The molecule has 0 aliphatic heterocycles. The van der Waals surface area contributed by atoms with Gasteiger partial charge in [-0.25, -0.2) is 11.0 Å². The molecule has 5 heteroatoms. The van der Waals surface area contributed by atoms with Crippen molar-refractivity contribution in [2.45, 2.75) is 47.0 Å². The Morgan fingerprint density at radius 2 is 2.14 bits per heavy atom. The number of hydrogen-bond acceptors (Lipinski definition) is 4. The minimum Gasteiger partial charge on any atom is -0.297 e. The van der Waals surface area contributed by atoms with Crippen molar-refractivity contribution in [3.05, 3.63) is 23.3 Å². The van der Waals surface area contributed by atoms with Crippen molar-refractivity contribution >= 4 is 23.1 Å². The van der Waals surface area contributed by atoms with E-state index in [0.29, 0.717) is 5.03 Å². The molecule has 1 atom stereocenters. The molecule has 0 heterocycles. The Kier molecular flexibility index (Phi) is 6.62. The number of hydrogen-bond donors (Lipinski definition) is 1. The second-order valence-corrected chi connectivity index (χ2v) is 6.64. The van der Waals surface area contributed by atoms with Crippen LogP contribution < -0.4 is 5.84 Å². The number of hydrazine groups is 1. The molecule has 1 rings (SSSR count). The third-order valence-electron chi connectivity index (χ3n) is 3.75. The van der Waals surface area contributed by atoms with Gasteiger partial charge < -0.3 is 0 Å². The van der Waals surface area contributed by atoms with E-state index in [1.165, 1.54) is 5.12 Å². The number of hydrazone groups is 1. The minimum absolute atomic E-state index is 0.0942. The van der Waals surface area contributed by atoms with E-state index in [4.69, 9.17) is 17.4 Å². The van der Waals surface area contributed by atoms with E-state index in [2.05, 4.69) is 12.0 Å². The third kappa shape index (κ3) is 5.64. The molecule has 0 aromatic carbocycles. The number of rotatable bonds is 7. The number of nitrogens with two attached hydrogens (primary N) is 1. The Hall–Kier alpha value is -1.13. The van der Waals surface area contributed by atoms with Crippen LogP contribution in [0.2, 0.25) is 0 Å². The first-order valence-electron chi connectivity index (χ1n) is 7.45. The summed E-state index contributed by atoms with van der Waals surface area (Å²) in [4.78, 5) is 12.3. The van der Waals surface area contributed by atoms with Gasteiger partial charge in [-0.2, -0.15) is 5.10 Å². The molecule has 1 aliphatic carbocycles. The van der Waals surface area contributed by atoms with Crippen LogP contribution in [0.1, 0.15) is 47.0 Å². The summed E-state index contributed by atoms with van der Waals surface area (Å²) in [5, 5.41) is 6.23. The number of carbonyl (C=O) groups excluding carboxylic acids is 1. The highest BCUT2D eigenvalue weighted by atomic mass is 35.5. The van der Waals surface area contributed by atoms with Crippen LogP contribution in [0.3, 0.4) is 0 Å². The lowest BCUT2D eigenvalue weighted by molar-refractivity contribution is -0.128. The second kappa shape index (κ2) is 7.76. The highest BCUT2D eigenvalue weighted by molar-refractivity contribution is 6.32. The molecule has 21 heavy (non-hydrogen) atoms. The van der Waals surface area contributed by atoms with Crippen molar-refractivity contribution in [1.82, 2.24) is 5.12 Å². The van der Waals surface area contributed by atoms with Gasteiger partial charge in [0.1, 0.15) is 6.54 Å². The molecule has 0 fully saturated rings. The van der Waals surface area contributed by atoms with E-state index < -0.39 is 0 Å². The van der Waals surface area contributed by atoms with Crippen LogP contribution in [0.15, 0.2) is 28.4 Å².